The first-order valence-electron chi connectivity index (χ1n) is 3.26. The third-order valence-corrected chi connectivity index (χ3v) is 2.30. The van der Waals surface area contributed by atoms with Crippen molar-refractivity contribution in [3.63, 3.8) is 0 Å². The number of H-pyrrole nitrogens is 1. The topological polar surface area (TPSA) is 41.6 Å². The Kier molecular flexibility index (Phi) is 1.77. The Morgan fingerprint density at radius 2 is 2.45 bits per heavy atom. The van der Waals surface area contributed by atoms with E-state index in [4.69, 9.17) is 0 Å². The van der Waals surface area contributed by atoms with Crippen LogP contribution in [-0.4, -0.2) is 15.2 Å². The van der Waals surface area contributed by atoms with Crippen LogP contribution in [-0.2, 0) is 4.43 Å². The summed E-state index contributed by atoms with van der Waals surface area (Å²) >= 11 is 2.30. The zero-order valence-electron chi connectivity index (χ0n) is 5.71. The van der Waals surface area contributed by atoms with Crippen LogP contribution in [0.15, 0.2) is 18.3 Å². The Labute approximate surface area is 77.4 Å². The Hall–Kier alpha value is -0.650. The third-order valence-electron chi connectivity index (χ3n) is 1.54. The van der Waals surface area contributed by atoms with Gasteiger partial charge in [0.1, 0.15) is 0 Å². The number of hydrogen-bond donors (Lipinski definition) is 1. The van der Waals surface area contributed by atoms with E-state index in [1.165, 1.54) is 0 Å². The number of hydrogen-bond acceptors (Lipinski definition) is 2. The van der Waals surface area contributed by atoms with Gasteiger partial charge in [0, 0.05) is 16.0 Å². The number of rotatable bonds is 1. The quantitative estimate of drug-likeness (QED) is 0.627. The molecule has 2 aromatic rings. The minimum absolute atomic E-state index is 0.805. The summed E-state index contributed by atoms with van der Waals surface area (Å²) in [6, 6.07) is 3.95. The van der Waals surface area contributed by atoms with Crippen molar-refractivity contribution >= 4 is 33.6 Å². The van der Waals surface area contributed by atoms with Gasteiger partial charge < -0.3 is 0 Å². The molecule has 0 saturated heterocycles. The molecule has 3 nitrogen and oxygen atoms in total. The lowest BCUT2D eigenvalue weighted by atomic mass is 10.3. The van der Waals surface area contributed by atoms with E-state index >= 15 is 0 Å². The molecule has 0 aliphatic heterocycles. The highest BCUT2D eigenvalue weighted by Gasteiger charge is 2.01. The summed E-state index contributed by atoms with van der Waals surface area (Å²) in [4.78, 5) is 4.10. The van der Waals surface area contributed by atoms with Gasteiger partial charge in [-0.05, 0) is 12.1 Å². The van der Waals surface area contributed by atoms with Crippen molar-refractivity contribution in [1.82, 2.24) is 15.2 Å². The van der Waals surface area contributed by atoms with Crippen LogP contribution in [0, 0.1) is 0 Å². The van der Waals surface area contributed by atoms with E-state index in [1.807, 2.05) is 12.1 Å². The van der Waals surface area contributed by atoms with Crippen LogP contribution in [0.2, 0.25) is 0 Å². The van der Waals surface area contributed by atoms with Gasteiger partial charge in [-0.3, -0.25) is 5.10 Å². The maximum atomic E-state index is 4.10. The van der Waals surface area contributed by atoms with Gasteiger partial charge in [0.15, 0.2) is 5.65 Å². The molecule has 0 aliphatic rings. The maximum Gasteiger partial charge on any atom is 0.181 e. The van der Waals surface area contributed by atoms with Crippen LogP contribution in [0.4, 0.5) is 0 Å². The van der Waals surface area contributed by atoms with Gasteiger partial charge in [-0.25, -0.2) is 4.98 Å². The molecule has 0 atom stereocenters. The fourth-order valence-electron chi connectivity index (χ4n) is 1.00. The summed E-state index contributed by atoms with van der Waals surface area (Å²) in [5, 5.41) is 8.12. The molecule has 4 heteroatoms. The van der Waals surface area contributed by atoms with Gasteiger partial charge >= 0.3 is 0 Å². The fourth-order valence-corrected chi connectivity index (χ4v) is 1.59. The summed E-state index contributed by atoms with van der Waals surface area (Å²) in [5.41, 5.74) is 1.95. The van der Waals surface area contributed by atoms with Gasteiger partial charge in [0.25, 0.3) is 0 Å². The van der Waals surface area contributed by atoms with Gasteiger partial charge in [0.2, 0.25) is 0 Å². The molecule has 0 bridgehead atoms. The van der Waals surface area contributed by atoms with Crippen molar-refractivity contribution in [2.75, 3.05) is 0 Å². The fraction of sp³-hybridized carbons (Fsp3) is 0.143. The van der Waals surface area contributed by atoms with E-state index in [2.05, 4.69) is 37.8 Å². The number of aromatic amines is 1. The molecular weight excluding hydrogens is 253 g/mol. The van der Waals surface area contributed by atoms with E-state index in [1.54, 1.807) is 6.20 Å². The van der Waals surface area contributed by atoms with E-state index in [0.717, 1.165) is 21.2 Å². The lowest BCUT2D eigenvalue weighted by molar-refractivity contribution is 1.05. The lowest BCUT2D eigenvalue weighted by Gasteiger charge is -1.87. The monoisotopic (exact) mass is 259 g/mol. The molecule has 0 aliphatic carbocycles. The average molecular weight is 259 g/mol. The summed E-state index contributed by atoms with van der Waals surface area (Å²) in [7, 11) is 0. The smallest absolute Gasteiger partial charge is 0.181 e. The molecule has 0 fully saturated rings. The Bertz CT molecular complexity index is 368. The second-order valence-corrected chi connectivity index (χ2v) is 2.97. The molecule has 11 heavy (non-hydrogen) atoms. The number of nitrogens with one attached hydrogen (secondary N) is 1. The van der Waals surface area contributed by atoms with Gasteiger partial charge in [-0.15, -0.1) is 0 Å². The normalized spacial score (nSPS) is 10.6. The van der Waals surface area contributed by atoms with E-state index in [0.29, 0.717) is 0 Å². The summed E-state index contributed by atoms with van der Waals surface area (Å²) in [6.45, 7) is 0. The molecule has 2 heterocycles. The Morgan fingerprint density at radius 1 is 1.55 bits per heavy atom. The number of fused-ring (bicyclic) bond motifs is 1. The molecule has 0 spiro atoms. The van der Waals surface area contributed by atoms with Crippen LogP contribution in [0.3, 0.4) is 0 Å². The summed E-state index contributed by atoms with van der Waals surface area (Å²) in [6.07, 6.45) is 1.75. The molecule has 0 unspecified atom stereocenters. The van der Waals surface area contributed by atoms with Gasteiger partial charge in [-0.1, -0.05) is 22.6 Å². The Morgan fingerprint density at radius 3 is 3.27 bits per heavy atom. The second kappa shape index (κ2) is 2.77. The average Bonchev–Trinajstić information content (AvgIpc) is 2.47. The van der Waals surface area contributed by atoms with Crippen molar-refractivity contribution in [2.45, 2.75) is 4.43 Å². The molecule has 2 aromatic heterocycles. The standard InChI is InChI=1S/C7H6IN3/c8-4-6-5-2-1-3-9-7(5)11-10-6/h1-3H,4H2,(H,9,10,11). The molecular formula is C7H6IN3. The second-order valence-electron chi connectivity index (χ2n) is 2.21. The molecule has 0 radical (unpaired) electrons. The van der Waals surface area contributed by atoms with Crippen LogP contribution in [0.1, 0.15) is 5.69 Å². The summed E-state index contributed by atoms with van der Waals surface area (Å²) < 4.78 is 0.944. The largest absolute Gasteiger partial charge is 0.279 e. The van der Waals surface area contributed by atoms with Crippen LogP contribution < -0.4 is 0 Å². The highest BCUT2D eigenvalue weighted by atomic mass is 127. The molecule has 0 saturated carbocycles. The molecule has 0 amide bonds. The van der Waals surface area contributed by atoms with Crippen LogP contribution in [0.5, 0.6) is 0 Å². The maximum absolute atomic E-state index is 4.10. The predicted octanol–water partition coefficient (Wildman–Crippen LogP) is 1.89. The highest BCUT2D eigenvalue weighted by Crippen LogP contribution is 2.14. The predicted molar refractivity (Wildman–Crippen MR) is 51.6 cm³/mol. The van der Waals surface area contributed by atoms with Crippen LogP contribution in [0.25, 0.3) is 11.0 Å². The van der Waals surface area contributed by atoms with E-state index < -0.39 is 0 Å². The molecule has 1 N–H and O–H groups in total. The molecule has 2 rings (SSSR count). The molecule has 56 valence electrons. The first-order chi connectivity index (χ1) is 5.42. The van der Waals surface area contributed by atoms with Crippen molar-refractivity contribution < 1.29 is 0 Å². The lowest BCUT2D eigenvalue weighted by Crippen LogP contribution is -1.75. The number of pyridine rings is 1. The highest BCUT2D eigenvalue weighted by molar-refractivity contribution is 14.1. The van der Waals surface area contributed by atoms with Crippen LogP contribution >= 0.6 is 22.6 Å². The van der Waals surface area contributed by atoms with Crippen molar-refractivity contribution in [3.05, 3.63) is 24.0 Å². The zero-order valence-corrected chi connectivity index (χ0v) is 7.87. The number of nitrogens with zero attached hydrogens (tertiary/aromatic N) is 2. The summed E-state index contributed by atoms with van der Waals surface area (Å²) in [5.74, 6) is 0. The minimum atomic E-state index is 0.805. The van der Waals surface area contributed by atoms with Crippen molar-refractivity contribution in [3.8, 4) is 0 Å². The minimum Gasteiger partial charge on any atom is -0.279 e. The first-order valence-corrected chi connectivity index (χ1v) is 4.78. The molecule has 0 aromatic carbocycles. The zero-order chi connectivity index (χ0) is 7.68. The first kappa shape index (κ1) is 7.02. The van der Waals surface area contributed by atoms with Gasteiger partial charge in [0.05, 0.1) is 5.69 Å². The number of aromatic nitrogens is 3. The Balaban J connectivity index is 2.76. The van der Waals surface area contributed by atoms with Crippen molar-refractivity contribution in [2.24, 2.45) is 0 Å². The number of alkyl halides is 1. The van der Waals surface area contributed by atoms with Crippen molar-refractivity contribution in [1.29, 1.82) is 0 Å². The SMILES string of the molecule is ICc1[nH]nc2ncccc12. The third kappa shape index (κ3) is 1.11. The van der Waals surface area contributed by atoms with E-state index in [-0.39, 0.29) is 0 Å². The number of halogens is 1. The van der Waals surface area contributed by atoms with E-state index in [9.17, 15) is 0 Å². The van der Waals surface area contributed by atoms with Gasteiger partial charge in [-0.2, -0.15) is 5.10 Å².